The summed E-state index contributed by atoms with van der Waals surface area (Å²) in [5, 5.41) is 3.20. The molecule has 2 aromatic carbocycles. The number of amides is 1. The molecule has 0 unspecified atom stereocenters. The summed E-state index contributed by atoms with van der Waals surface area (Å²) < 4.78 is 5.48. The Balaban J connectivity index is 1.85. The van der Waals surface area contributed by atoms with Crippen LogP contribution < -0.4 is 10.1 Å². The molecule has 0 aliphatic carbocycles. The van der Waals surface area contributed by atoms with Gasteiger partial charge in [0.25, 0.3) is 5.91 Å². The van der Waals surface area contributed by atoms with E-state index in [1.165, 1.54) is 0 Å². The van der Waals surface area contributed by atoms with Crippen molar-refractivity contribution in [1.82, 2.24) is 10.2 Å². The first kappa shape index (κ1) is 16.5. The van der Waals surface area contributed by atoms with Crippen molar-refractivity contribution in [3.05, 3.63) is 54.1 Å². The van der Waals surface area contributed by atoms with Gasteiger partial charge in [-0.1, -0.05) is 30.3 Å². The lowest BCUT2D eigenvalue weighted by Gasteiger charge is -2.18. The van der Waals surface area contributed by atoms with Crippen LogP contribution in [-0.2, 0) is 0 Å². The number of ether oxygens (including phenoxy) is 1. The van der Waals surface area contributed by atoms with E-state index in [0.29, 0.717) is 5.92 Å². The van der Waals surface area contributed by atoms with E-state index >= 15 is 0 Å². The molecule has 1 N–H and O–H groups in total. The number of carbonyl (C=O) groups is 1. The van der Waals surface area contributed by atoms with Gasteiger partial charge >= 0.3 is 0 Å². The van der Waals surface area contributed by atoms with Crippen LogP contribution in [0.4, 0.5) is 0 Å². The Morgan fingerprint density at radius 1 is 1.25 bits per heavy atom. The summed E-state index contributed by atoms with van der Waals surface area (Å²) in [6.07, 6.45) is 1.06. The lowest BCUT2D eigenvalue weighted by Crippen LogP contribution is -2.30. The smallest absolute Gasteiger partial charge is 0.253 e. The van der Waals surface area contributed by atoms with Crippen molar-refractivity contribution in [3.8, 4) is 16.9 Å². The Kier molecular flexibility index (Phi) is 5.16. The van der Waals surface area contributed by atoms with E-state index in [1.54, 1.807) is 7.11 Å². The number of nitrogens with zero attached hydrogens (tertiary/aromatic N) is 1. The van der Waals surface area contributed by atoms with Crippen molar-refractivity contribution in [2.75, 3.05) is 33.8 Å². The lowest BCUT2D eigenvalue weighted by molar-refractivity contribution is 0.0787. The van der Waals surface area contributed by atoms with Gasteiger partial charge in [0.1, 0.15) is 5.75 Å². The molecule has 0 radical (unpaired) electrons. The number of hydrogen-bond donors (Lipinski definition) is 1. The van der Waals surface area contributed by atoms with Crippen LogP contribution in [0.5, 0.6) is 5.75 Å². The van der Waals surface area contributed by atoms with Crippen LogP contribution in [0, 0.1) is 5.92 Å². The molecule has 1 aliphatic rings. The van der Waals surface area contributed by atoms with E-state index in [-0.39, 0.29) is 5.91 Å². The SMILES string of the molecule is CNC[C@@H]1CCN(C(=O)c2ccc(OC)c(-c3ccccc3)c2)C1. The number of hydrogen-bond acceptors (Lipinski definition) is 3. The van der Waals surface area contributed by atoms with Crippen LogP contribution in [0.25, 0.3) is 11.1 Å². The van der Waals surface area contributed by atoms with E-state index in [9.17, 15) is 4.79 Å². The minimum Gasteiger partial charge on any atom is -0.496 e. The maximum Gasteiger partial charge on any atom is 0.253 e. The Bertz CT molecular complexity index is 700. The highest BCUT2D eigenvalue weighted by Crippen LogP contribution is 2.31. The van der Waals surface area contributed by atoms with Crippen LogP contribution in [0.2, 0.25) is 0 Å². The summed E-state index contributed by atoms with van der Waals surface area (Å²) in [5.41, 5.74) is 2.73. The fourth-order valence-electron chi connectivity index (χ4n) is 3.34. The van der Waals surface area contributed by atoms with E-state index in [2.05, 4.69) is 5.32 Å². The molecule has 24 heavy (non-hydrogen) atoms. The predicted octanol–water partition coefficient (Wildman–Crippen LogP) is 3.04. The number of likely N-dealkylation sites (tertiary alicyclic amines) is 1. The summed E-state index contributed by atoms with van der Waals surface area (Å²) in [7, 11) is 3.62. The summed E-state index contributed by atoms with van der Waals surface area (Å²) in [5.74, 6) is 1.44. The van der Waals surface area contributed by atoms with E-state index in [1.807, 2.05) is 60.5 Å². The number of benzene rings is 2. The average Bonchev–Trinajstić information content (AvgIpc) is 3.10. The normalized spacial score (nSPS) is 17.1. The molecule has 0 spiro atoms. The molecule has 1 aliphatic heterocycles. The second-order valence-electron chi connectivity index (χ2n) is 6.24. The average molecular weight is 324 g/mol. The third kappa shape index (κ3) is 3.44. The van der Waals surface area contributed by atoms with Crippen LogP contribution >= 0.6 is 0 Å². The fourth-order valence-corrected chi connectivity index (χ4v) is 3.34. The van der Waals surface area contributed by atoms with E-state index < -0.39 is 0 Å². The van der Waals surface area contributed by atoms with Gasteiger partial charge in [-0.15, -0.1) is 0 Å². The zero-order valence-electron chi connectivity index (χ0n) is 14.3. The molecular formula is C20H24N2O2. The molecule has 3 rings (SSSR count). The van der Waals surface area contributed by atoms with Gasteiger partial charge in [0.05, 0.1) is 7.11 Å². The highest BCUT2D eigenvalue weighted by molar-refractivity contribution is 5.96. The largest absolute Gasteiger partial charge is 0.496 e. The monoisotopic (exact) mass is 324 g/mol. The number of rotatable bonds is 5. The maximum absolute atomic E-state index is 12.8. The molecule has 0 aromatic heterocycles. The summed E-state index contributed by atoms with van der Waals surface area (Å²) in [6.45, 7) is 2.62. The van der Waals surface area contributed by atoms with Gasteiger partial charge in [0.15, 0.2) is 0 Å². The van der Waals surface area contributed by atoms with E-state index in [0.717, 1.165) is 48.5 Å². The second kappa shape index (κ2) is 7.49. The highest BCUT2D eigenvalue weighted by atomic mass is 16.5. The highest BCUT2D eigenvalue weighted by Gasteiger charge is 2.26. The first-order valence-electron chi connectivity index (χ1n) is 8.40. The molecule has 126 valence electrons. The number of carbonyl (C=O) groups excluding carboxylic acids is 1. The topological polar surface area (TPSA) is 41.6 Å². The molecule has 1 atom stereocenters. The molecular weight excluding hydrogens is 300 g/mol. The summed E-state index contributed by atoms with van der Waals surface area (Å²) in [4.78, 5) is 14.8. The lowest BCUT2D eigenvalue weighted by atomic mass is 10.0. The first-order valence-corrected chi connectivity index (χ1v) is 8.40. The maximum atomic E-state index is 12.8. The van der Waals surface area contributed by atoms with Crippen molar-refractivity contribution < 1.29 is 9.53 Å². The number of nitrogens with one attached hydrogen (secondary N) is 1. The third-order valence-corrected chi connectivity index (χ3v) is 4.60. The summed E-state index contributed by atoms with van der Waals surface area (Å²) >= 11 is 0. The van der Waals surface area contributed by atoms with Gasteiger partial charge in [-0.2, -0.15) is 0 Å². The van der Waals surface area contributed by atoms with Crippen molar-refractivity contribution in [3.63, 3.8) is 0 Å². The van der Waals surface area contributed by atoms with Gasteiger partial charge < -0.3 is 15.0 Å². The predicted molar refractivity (Wildman–Crippen MR) is 96.4 cm³/mol. The molecule has 4 heteroatoms. The zero-order chi connectivity index (χ0) is 16.9. The van der Waals surface area contributed by atoms with Gasteiger partial charge in [-0.3, -0.25) is 4.79 Å². The van der Waals surface area contributed by atoms with E-state index in [4.69, 9.17) is 4.74 Å². The zero-order valence-corrected chi connectivity index (χ0v) is 14.3. The third-order valence-electron chi connectivity index (χ3n) is 4.60. The van der Waals surface area contributed by atoms with Crippen LogP contribution in [0.3, 0.4) is 0 Å². The summed E-state index contributed by atoms with van der Waals surface area (Å²) in [6, 6.07) is 15.7. The Morgan fingerprint density at radius 3 is 2.75 bits per heavy atom. The Labute approximate surface area is 143 Å². The molecule has 1 heterocycles. The molecule has 0 bridgehead atoms. The Morgan fingerprint density at radius 2 is 2.04 bits per heavy atom. The van der Waals surface area contributed by atoms with Crippen LogP contribution in [-0.4, -0.2) is 44.6 Å². The first-order chi connectivity index (χ1) is 11.7. The molecule has 1 fully saturated rings. The van der Waals surface area contributed by atoms with Crippen molar-refractivity contribution in [1.29, 1.82) is 0 Å². The van der Waals surface area contributed by atoms with Gasteiger partial charge in [0.2, 0.25) is 0 Å². The fraction of sp³-hybridized carbons (Fsp3) is 0.350. The van der Waals surface area contributed by atoms with Gasteiger partial charge in [-0.05, 0) is 49.7 Å². The Hall–Kier alpha value is -2.33. The molecule has 0 saturated carbocycles. The minimum atomic E-state index is 0.105. The van der Waals surface area contributed by atoms with Crippen molar-refractivity contribution in [2.24, 2.45) is 5.92 Å². The minimum absolute atomic E-state index is 0.105. The van der Waals surface area contributed by atoms with Crippen LogP contribution in [0.15, 0.2) is 48.5 Å². The molecule has 4 nitrogen and oxygen atoms in total. The van der Waals surface area contributed by atoms with Crippen molar-refractivity contribution in [2.45, 2.75) is 6.42 Å². The molecule has 1 saturated heterocycles. The van der Waals surface area contributed by atoms with Crippen LogP contribution in [0.1, 0.15) is 16.8 Å². The van der Waals surface area contributed by atoms with Crippen molar-refractivity contribution >= 4 is 5.91 Å². The number of methoxy groups -OCH3 is 1. The molecule has 2 aromatic rings. The molecule has 1 amide bonds. The quantitative estimate of drug-likeness (QED) is 0.919. The second-order valence-corrected chi connectivity index (χ2v) is 6.24. The standard InChI is InChI=1S/C20H24N2O2/c1-21-13-15-10-11-22(14-15)20(23)17-8-9-19(24-2)18(12-17)16-6-4-3-5-7-16/h3-9,12,15,21H,10-11,13-14H2,1-2H3/t15-/m0/s1. The van der Waals surface area contributed by atoms with Gasteiger partial charge in [-0.25, -0.2) is 0 Å². The van der Waals surface area contributed by atoms with Gasteiger partial charge in [0, 0.05) is 24.2 Å².